The summed E-state index contributed by atoms with van der Waals surface area (Å²) < 4.78 is 2.09. The zero-order valence-corrected chi connectivity index (χ0v) is 19.6. The van der Waals surface area contributed by atoms with Gasteiger partial charge in [0.1, 0.15) is 0 Å². The van der Waals surface area contributed by atoms with Crippen LogP contribution in [0.3, 0.4) is 0 Å². The number of carbonyl (C=O) groups is 2. The molecule has 34 heavy (non-hydrogen) atoms. The minimum absolute atomic E-state index is 0.0413. The molecule has 8 heteroatoms. The van der Waals surface area contributed by atoms with Crippen molar-refractivity contribution < 1.29 is 9.59 Å². The molecule has 8 nitrogen and oxygen atoms in total. The number of nitrogens with one attached hydrogen (secondary N) is 3. The lowest BCUT2D eigenvalue weighted by molar-refractivity contribution is -0.116. The molecule has 1 fully saturated rings. The summed E-state index contributed by atoms with van der Waals surface area (Å²) in [5.74, 6) is 0.500. The number of hydrogen-bond acceptors (Lipinski definition) is 4. The monoisotopic (exact) mass is 460 g/mol. The van der Waals surface area contributed by atoms with Gasteiger partial charge in [-0.3, -0.25) is 19.6 Å². The molecule has 0 aliphatic carbocycles. The van der Waals surface area contributed by atoms with Crippen molar-refractivity contribution in [3.8, 4) is 11.4 Å². The molecular weight excluding hydrogens is 428 g/mol. The lowest BCUT2D eigenvalue weighted by Gasteiger charge is -2.22. The zero-order valence-electron chi connectivity index (χ0n) is 19.6. The Morgan fingerprint density at radius 1 is 1.21 bits per heavy atom. The third-order valence-corrected chi connectivity index (χ3v) is 7.03. The minimum atomic E-state index is -0.0489. The molecule has 1 atom stereocenters. The van der Waals surface area contributed by atoms with Crippen LogP contribution in [0.25, 0.3) is 11.4 Å². The van der Waals surface area contributed by atoms with Crippen LogP contribution < -0.4 is 10.6 Å². The molecule has 0 saturated carbocycles. The summed E-state index contributed by atoms with van der Waals surface area (Å²) in [6.07, 6.45) is 6.09. The lowest BCUT2D eigenvalue weighted by atomic mass is 10.1. The van der Waals surface area contributed by atoms with Gasteiger partial charge in [-0.25, -0.2) is 0 Å². The van der Waals surface area contributed by atoms with Crippen LogP contribution >= 0.6 is 0 Å². The van der Waals surface area contributed by atoms with E-state index in [1.165, 1.54) is 6.42 Å². The number of likely N-dealkylation sites (tertiary alicyclic amines) is 1. The molecule has 0 radical (unpaired) electrons. The molecule has 0 bridgehead atoms. The fourth-order valence-corrected chi connectivity index (χ4v) is 5.14. The number of nitrogens with zero attached hydrogens (tertiary/aromatic N) is 3. The van der Waals surface area contributed by atoms with Crippen molar-refractivity contribution in [2.24, 2.45) is 0 Å². The maximum atomic E-state index is 12.8. The summed E-state index contributed by atoms with van der Waals surface area (Å²) >= 11 is 0. The van der Waals surface area contributed by atoms with Crippen molar-refractivity contribution in [1.82, 2.24) is 25.0 Å². The Morgan fingerprint density at radius 2 is 2.06 bits per heavy atom. The molecule has 178 valence electrons. The van der Waals surface area contributed by atoms with Crippen molar-refractivity contribution in [2.75, 3.05) is 25.0 Å². The number of H-pyrrole nitrogens is 1. The van der Waals surface area contributed by atoms with E-state index in [1.54, 1.807) is 0 Å². The lowest BCUT2D eigenvalue weighted by Crippen LogP contribution is -2.39. The predicted octanol–water partition coefficient (Wildman–Crippen LogP) is 3.22. The summed E-state index contributed by atoms with van der Waals surface area (Å²) in [6.45, 7) is 5.74. The van der Waals surface area contributed by atoms with E-state index in [9.17, 15) is 9.59 Å². The van der Waals surface area contributed by atoms with Crippen molar-refractivity contribution >= 4 is 17.6 Å². The first-order chi connectivity index (χ1) is 16.6. The summed E-state index contributed by atoms with van der Waals surface area (Å²) in [4.78, 5) is 27.8. The Balaban J connectivity index is 1.22. The van der Waals surface area contributed by atoms with Gasteiger partial charge in [-0.2, -0.15) is 5.10 Å². The molecule has 3 N–H and O–H groups in total. The molecule has 3 aromatic rings. The molecule has 5 rings (SSSR count). The van der Waals surface area contributed by atoms with Gasteiger partial charge >= 0.3 is 0 Å². The fourth-order valence-electron chi connectivity index (χ4n) is 5.14. The number of amides is 2. The first kappa shape index (κ1) is 22.4. The second kappa shape index (κ2) is 9.85. The van der Waals surface area contributed by atoms with Crippen LogP contribution in [0, 0.1) is 0 Å². The van der Waals surface area contributed by atoms with E-state index in [4.69, 9.17) is 0 Å². The van der Waals surface area contributed by atoms with Crippen molar-refractivity contribution in [3.63, 3.8) is 0 Å². The molecule has 2 aliphatic heterocycles. The number of likely N-dealkylation sites (N-methyl/N-ethyl adjacent to an activating group) is 1. The van der Waals surface area contributed by atoms with Gasteiger partial charge in [0.15, 0.2) is 5.82 Å². The molecule has 2 amide bonds. The second-order valence-electron chi connectivity index (χ2n) is 9.15. The highest BCUT2D eigenvalue weighted by Crippen LogP contribution is 2.33. The van der Waals surface area contributed by atoms with Gasteiger partial charge in [0, 0.05) is 37.3 Å². The van der Waals surface area contributed by atoms with Crippen molar-refractivity contribution in [2.45, 2.75) is 51.6 Å². The van der Waals surface area contributed by atoms with Gasteiger partial charge in [0.05, 0.1) is 17.0 Å². The highest BCUT2D eigenvalue weighted by molar-refractivity contribution is 5.96. The van der Waals surface area contributed by atoms with Gasteiger partial charge in [0.25, 0.3) is 5.91 Å². The summed E-state index contributed by atoms with van der Waals surface area (Å²) in [5.41, 5.74) is 4.60. The van der Waals surface area contributed by atoms with Crippen molar-refractivity contribution in [3.05, 3.63) is 59.3 Å². The van der Waals surface area contributed by atoms with Crippen LogP contribution in [0.5, 0.6) is 0 Å². The molecular formula is C26H32N6O2. The predicted molar refractivity (Wildman–Crippen MR) is 132 cm³/mol. The number of aromatic amines is 1. The number of carbonyl (C=O) groups excluding carboxylic acids is 2. The summed E-state index contributed by atoms with van der Waals surface area (Å²) in [5, 5.41) is 13.5. The maximum absolute atomic E-state index is 12.8. The van der Waals surface area contributed by atoms with Gasteiger partial charge < -0.3 is 15.2 Å². The third kappa shape index (κ3) is 4.63. The molecule has 1 saturated heterocycles. The van der Waals surface area contributed by atoms with Crippen LogP contribution in [-0.2, 0) is 24.2 Å². The SMILES string of the molecule is CCN1CCCC1CNC(=O)c1cc2n(c1)CCc1c(NC(=O)CCc3ccccc3)n[nH]c1-2. The summed E-state index contributed by atoms with van der Waals surface area (Å²) in [7, 11) is 0. The standard InChI is InChI=1S/C26H32N6O2/c1-2-31-13-6-9-20(31)16-27-26(34)19-15-22-24-21(12-14-32(22)17-19)25(30-29-24)28-23(33)11-10-18-7-4-3-5-8-18/h3-5,7-8,15,17,20H,2,6,9-14,16H2,1H3,(H,27,34)(H2,28,29,30,33). The maximum Gasteiger partial charge on any atom is 0.252 e. The molecule has 1 unspecified atom stereocenters. The molecule has 2 aromatic heterocycles. The van der Waals surface area contributed by atoms with Crippen LogP contribution in [0.2, 0.25) is 0 Å². The Morgan fingerprint density at radius 3 is 2.88 bits per heavy atom. The van der Waals surface area contributed by atoms with Gasteiger partial charge in [-0.1, -0.05) is 37.3 Å². The highest BCUT2D eigenvalue weighted by Gasteiger charge is 2.26. The highest BCUT2D eigenvalue weighted by atomic mass is 16.2. The zero-order chi connectivity index (χ0) is 23.5. The number of fused-ring (bicyclic) bond motifs is 3. The van der Waals surface area contributed by atoms with E-state index in [-0.39, 0.29) is 11.8 Å². The first-order valence-corrected chi connectivity index (χ1v) is 12.3. The number of aryl methyl sites for hydroxylation is 2. The Labute approximate surface area is 199 Å². The van der Waals surface area contributed by atoms with Crippen LogP contribution in [0.4, 0.5) is 5.82 Å². The van der Waals surface area contributed by atoms with E-state index in [0.717, 1.165) is 55.0 Å². The van der Waals surface area contributed by atoms with Gasteiger partial charge in [-0.15, -0.1) is 0 Å². The Bertz CT molecular complexity index is 1170. The Kier molecular flexibility index (Phi) is 6.49. The molecule has 4 heterocycles. The average molecular weight is 461 g/mol. The number of benzene rings is 1. The molecule has 0 spiro atoms. The number of anilines is 1. The van der Waals surface area contributed by atoms with Gasteiger partial charge in [-0.05, 0) is 50.4 Å². The largest absolute Gasteiger partial charge is 0.350 e. The summed E-state index contributed by atoms with van der Waals surface area (Å²) in [6, 6.07) is 12.3. The average Bonchev–Trinajstić information content (AvgIpc) is 3.59. The van der Waals surface area contributed by atoms with E-state index < -0.39 is 0 Å². The number of aromatic nitrogens is 3. The Hall–Kier alpha value is -3.39. The smallest absolute Gasteiger partial charge is 0.252 e. The van der Waals surface area contributed by atoms with E-state index >= 15 is 0 Å². The normalized spacial score (nSPS) is 17.3. The van der Waals surface area contributed by atoms with E-state index in [2.05, 4.69) is 37.2 Å². The molecule has 2 aliphatic rings. The van der Waals surface area contributed by atoms with Crippen LogP contribution in [-0.4, -0.2) is 57.2 Å². The minimum Gasteiger partial charge on any atom is -0.350 e. The third-order valence-electron chi connectivity index (χ3n) is 7.03. The number of rotatable bonds is 8. The topological polar surface area (TPSA) is 95.1 Å². The van der Waals surface area contributed by atoms with Gasteiger partial charge in [0.2, 0.25) is 5.91 Å². The second-order valence-corrected chi connectivity index (χ2v) is 9.15. The van der Waals surface area contributed by atoms with Crippen molar-refractivity contribution in [1.29, 1.82) is 0 Å². The number of hydrogen-bond donors (Lipinski definition) is 3. The van der Waals surface area contributed by atoms with Crippen LogP contribution in [0.15, 0.2) is 42.6 Å². The first-order valence-electron chi connectivity index (χ1n) is 12.3. The molecule has 1 aromatic carbocycles. The van der Waals surface area contributed by atoms with Crippen LogP contribution in [0.1, 0.15) is 47.7 Å². The van der Waals surface area contributed by atoms with E-state index in [1.807, 2.05) is 42.6 Å². The fraction of sp³-hybridized carbons (Fsp3) is 0.423. The van der Waals surface area contributed by atoms with E-state index in [0.29, 0.717) is 36.8 Å². The quantitative estimate of drug-likeness (QED) is 0.481.